The van der Waals surface area contributed by atoms with Gasteiger partial charge in [0.15, 0.2) is 0 Å². The van der Waals surface area contributed by atoms with Gasteiger partial charge in [0.05, 0.1) is 16.3 Å². The Morgan fingerprint density at radius 3 is 2.54 bits per heavy atom. The van der Waals surface area contributed by atoms with Crippen LogP contribution in [-0.4, -0.2) is 11.1 Å². The topological polar surface area (TPSA) is 63.3 Å². The number of carboxylic acids is 1. The van der Waals surface area contributed by atoms with Crippen molar-refractivity contribution in [3.8, 4) is 0 Å². The van der Waals surface area contributed by atoms with Crippen LogP contribution in [0.2, 0.25) is 5.02 Å². The first-order chi connectivity index (χ1) is 5.52. The van der Waals surface area contributed by atoms with Crippen molar-refractivity contribution in [3.63, 3.8) is 0 Å². The first kappa shape index (κ1) is 12.1. The van der Waals surface area contributed by atoms with Crippen molar-refractivity contribution in [2.75, 3.05) is 5.73 Å². The van der Waals surface area contributed by atoms with Crippen molar-refractivity contribution in [2.24, 2.45) is 0 Å². The van der Waals surface area contributed by atoms with Crippen LogP contribution in [0.1, 0.15) is 15.9 Å². The molecule has 0 fully saturated rings. The minimum absolute atomic E-state index is 0. The summed E-state index contributed by atoms with van der Waals surface area (Å²) in [7, 11) is 0. The van der Waals surface area contributed by atoms with Crippen molar-refractivity contribution in [1.82, 2.24) is 0 Å². The zero-order valence-electron chi connectivity index (χ0n) is 6.87. The summed E-state index contributed by atoms with van der Waals surface area (Å²) in [6.07, 6.45) is 0. The van der Waals surface area contributed by atoms with Gasteiger partial charge < -0.3 is 10.8 Å². The fraction of sp³-hybridized carbons (Fsp3) is 0.125. The summed E-state index contributed by atoms with van der Waals surface area (Å²) in [5, 5.41) is 8.96. The lowest BCUT2D eigenvalue weighted by Gasteiger charge is -2.03. The number of hydrogen-bond acceptors (Lipinski definition) is 2. The molecule has 1 aromatic carbocycles. The van der Waals surface area contributed by atoms with Gasteiger partial charge in [-0.15, -0.1) is 12.4 Å². The van der Waals surface area contributed by atoms with E-state index in [1.807, 2.05) is 0 Å². The summed E-state index contributed by atoms with van der Waals surface area (Å²) in [5.74, 6) is -1.06. The van der Waals surface area contributed by atoms with Gasteiger partial charge in [-0.3, -0.25) is 0 Å². The highest BCUT2D eigenvalue weighted by Crippen LogP contribution is 2.24. The van der Waals surface area contributed by atoms with E-state index in [2.05, 4.69) is 0 Å². The number of nitrogens with two attached hydrogens (primary N) is 1. The van der Waals surface area contributed by atoms with Gasteiger partial charge in [0.1, 0.15) is 0 Å². The second-order valence-corrected chi connectivity index (χ2v) is 2.92. The number of hydrogen-bond donors (Lipinski definition) is 2. The maximum absolute atomic E-state index is 10.6. The van der Waals surface area contributed by atoms with Gasteiger partial charge in [0.25, 0.3) is 0 Å². The molecule has 0 aromatic heterocycles. The molecule has 0 amide bonds. The van der Waals surface area contributed by atoms with Crippen molar-refractivity contribution in [2.45, 2.75) is 6.92 Å². The summed E-state index contributed by atoms with van der Waals surface area (Å²) < 4.78 is 0. The van der Waals surface area contributed by atoms with Crippen LogP contribution in [0.25, 0.3) is 0 Å². The van der Waals surface area contributed by atoms with Crippen molar-refractivity contribution >= 4 is 35.7 Å². The SMILES string of the molecule is Cc1cc(Cl)c(N)c(C(=O)O)c1.Cl. The van der Waals surface area contributed by atoms with Crippen molar-refractivity contribution in [1.29, 1.82) is 0 Å². The minimum Gasteiger partial charge on any atom is -0.478 e. The summed E-state index contributed by atoms with van der Waals surface area (Å²) in [6, 6.07) is 3.12. The highest BCUT2D eigenvalue weighted by atomic mass is 35.5. The molecule has 0 saturated heterocycles. The van der Waals surface area contributed by atoms with Crippen LogP contribution >= 0.6 is 24.0 Å². The number of benzene rings is 1. The summed E-state index contributed by atoms with van der Waals surface area (Å²) in [4.78, 5) is 10.6. The van der Waals surface area contributed by atoms with E-state index in [0.29, 0.717) is 0 Å². The Labute approximate surface area is 86.9 Å². The molecule has 0 heterocycles. The molecule has 1 aromatic rings. The molecule has 72 valence electrons. The largest absolute Gasteiger partial charge is 0.478 e. The number of nitrogen functional groups attached to an aromatic ring is 1. The quantitative estimate of drug-likeness (QED) is 0.716. The number of anilines is 1. The Morgan fingerprint density at radius 1 is 1.54 bits per heavy atom. The van der Waals surface area contributed by atoms with E-state index in [-0.39, 0.29) is 28.7 Å². The molecule has 0 unspecified atom stereocenters. The maximum atomic E-state index is 10.6. The number of carbonyl (C=O) groups is 1. The molecule has 0 bridgehead atoms. The fourth-order valence-corrected chi connectivity index (χ4v) is 1.20. The highest BCUT2D eigenvalue weighted by molar-refractivity contribution is 6.33. The number of aromatic carboxylic acids is 1. The normalized spacial score (nSPS) is 9.08. The second-order valence-electron chi connectivity index (χ2n) is 2.51. The summed E-state index contributed by atoms with van der Waals surface area (Å²) in [5.41, 5.74) is 6.40. The standard InChI is InChI=1S/C8H8ClNO2.ClH/c1-4-2-5(8(11)12)7(10)6(9)3-4;/h2-3H,10H2,1H3,(H,11,12);1H. The van der Waals surface area contributed by atoms with Crippen molar-refractivity contribution in [3.05, 3.63) is 28.3 Å². The molecular formula is C8H9Cl2NO2. The Kier molecular flexibility index (Phi) is 4.04. The van der Waals surface area contributed by atoms with E-state index in [9.17, 15) is 4.79 Å². The van der Waals surface area contributed by atoms with E-state index in [1.165, 1.54) is 6.07 Å². The number of carboxylic acid groups (broad SMARTS) is 1. The molecule has 0 atom stereocenters. The lowest BCUT2D eigenvalue weighted by Crippen LogP contribution is -2.03. The molecular weight excluding hydrogens is 213 g/mol. The average molecular weight is 222 g/mol. The third-order valence-electron chi connectivity index (χ3n) is 1.50. The molecule has 3 N–H and O–H groups in total. The highest BCUT2D eigenvalue weighted by Gasteiger charge is 2.10. The first-order valence-electron chi connectivity index (χ1n) is 3.31. The molecule has 1 rings (SSSR count). The lowest BCUT2D eigenvalue weighted by molar-refractivity contribution is 0.0698. The first-order valence-corrected chi connectivity index (χ1v) is 3.69. The molecule has 13 heavy (non-hydrogen) atoms. The Balaban J connectivity index is 0.00000144. The number of aryl methyl sites for hydroxylation is 1. The molecule has 0 radical (unpaired) electrons. The van der Waals surface area contributed by atoms with Crippen LogP contribution in [0.3, 0.4) is 0 Å². The Morgan fingerprint density at radius 2 is 2.08 bits per heavy atom. The van der Waals surface area contributed by atoms with Gasteiger partial charge in [-0.25, -0.2) is 4.79 Å². The fourth-order valence-electron chi connectivity index (χ4n) is 0.930. The van der Waals surface area contributed by atoms with E-state index in [4.69, 9.17) is 22.4 Å². The third kappa shape index (κ3) is 2.50. The summed E-state index contributed by atoms with van der Waals surface area (Å²) >= 11 is 5.67. The van der Waals surface area contributed by atoms with Gasteiger partial charge in [-0.05, 0) is 24.6 Å². The average Bonchev–Trinajstić information content (AvgIpc) is 1.96. The van der Waals surface area contributed by atoms with Crippen LogP contribution in [0.4, 0.5) is 5.69 Å². The monoisotopic (exact) mass is 221 g/mol. The smallest absolute Gasteiger partial charge is 0.337 e. The lowest BCUT2D eigenvalue weighted by atomic mass is 10.1. The Hall–Kier alpha value is -0.930. The van der Waals surface area contributed by atoms with Gasteiger partial charge in [0.2, 0.25) is 0 Å². The van der Waals surface area contributed by atoms with Gasteiger partial charge in [0, 0.05) is 0 Å². The van der Waals surface area contributed by atoms with E-state index >= 15 is 0 Å². The van der Waals surface area contributed by atoms with Crippen LogP contribution in [0, 0.1) is 6.92 Å². The van der Waals surface area contributed by atoms with Crippen LogP contribution in [0.15, 0.2) is 12.1 Å². The van der Waals surface area contributed by atoms with E-state index in [1.54, 1.807) is 13.0 Å². The van der Waals surface area contributed by atoms with Crippen molar-refractivity contribution < 1.29 is 9.90 Å². The third-order valence-corrected chi connectivity index (χ3v) is 1.82. The molecule has 0 saturated carbocycles. The summed E-state index contributed by atoms with van der Waals surface area (Å²) in [6.45, 7) is 1.76. The Bertz CT molecular complexity index is 339. The van der Waals surface area contributed by atoms with Crippen LogP contribution in [0.5, 0.6) is 0 Å². The zero-order valence-corrected chi connectivity index (χ0v) is 8.45. The second kappa shape index (κ2) is 4.35. The minimum atomic E-state index is -1.06. The predicted octanol–water partition coefficient (Wildman–Crippen LogP) is 2.35. The molecule has 0 aliphatic carbocycles. The van der Waals surface area contributed by atoms with Crippen LogP contribution in [-0.2, 0) is 0 Å². The van der Waals surface area contributed by atoms with Crippen LogP contribution < -0.4 is 5.73 Å². The van der Waals surface area contributed by atoms with Gasteiger partial charge in [-0.1, -0.05) is 11.6 Å². The van der Waals surface area contributed by atoms with Gasteiger partial charge in [-0.2, -0.15) is 0 Å². The van der Waals surface area contributed by atoms with E-state index < -0.39 is 5.97 Å². The number of rotatable bonds is 1. The zero-order chi connectivity index (χ0) is 9.30. The molecule has 0 spiro atoms. The molecule has 3 nitrogen and oxygen atoms in total. The molecule has 0 aliphatic rings. The maximum Gasteiger partial charge on any atom is 0.337 e. The predicted molar refractivity (Wildman–Crippen MR) is 54.8 cm³/mol. The molecule has 5 heteroatoms. The van der Waals surface area contributed by atoms with E-state index in [0.717, 1.165) is 5.56 Å². The van der Waals surface area contributed by atoms with Gasteiger partial charge >= 0.3 is 5.97 Å². The molecule has 0 aliphatic heterocycles. The number of halogens is 2.